The van der Waals surface area contributed by atoms with Crippen molar-refractivity contribution in [3.05, 3.63) is 53.7 Å². The Labute approximate surface area is 237 Å². The maximum atomic E-state index is 15.1. The predicted molar refractivity (Wildman–Crippen MR) is 147 cm³/mol. The van der Waals surface area contributed by atoms with Crippen molar-refractivity contribution in [1.29, 1.82) is 0 Å². The van der Waals surface area contributed by atoms with Gasteiger partial charge >= 0.3 is 11.6 Å². The van der Waals surface area contributed by atoms with E-state index in [9.17, 15) is 22.8 Å². The van der Waals surface area contributed by atoms with Gasteiger partial charge in [0, 0.05) is 43.7 Å². The molecule has 0 saturated carbocycles. The zero-order valence-electron chi connectivity index (χ0n) is 22.2. The van der Waals surface area contributed by atoms with Crippen LogP contribution < -0.4 is 20.7 Å². The van der Waals surface area contributed by atoms with Gasteiger partial charge in [0.2, 0.25) is 0 Å². The summed E-state index contributed by atoms with van der Waals surface area (Å²) < 4.78 is 61.9. The van der Waals surface area contributed by atoms with E-state index in [0.29, 0.717) is 30.1 Å². The van der Waals surface area contributed by atoms with Crippen LogP contribution in [-0.2, 0) is 4.84 Å². The summed E-state index contributed by atoms with van der Waals surface area (Å²) in [6, 6.07) is 8.66. The van der Waals surface area contributed by atoms with Crippen molar-refractivity contribution in [2.24, 2.45) is 0 Å². The van der Waals surface area contributed by atoms with Gasteiger partial charge in [0.05, 0.1) is 30.4 Å². The van der Waals surface area contributed by atoms with E-state index in [-0.39, 0.29) is 39.5 Å². The van der Waals surface area contributed by atoms with Gasteiger partial charge in [0.1, 0.15) is 16.5 Å². The minimum Gasteiger partial charge on any atom is -0.495 e. The summed E-state index contributed by atoms with van der Waals surface area (Å²) in [5.74, 6) is 5.60. The second-order valence-corrected chi connectivity index (χ2v) is 9.91. The van der Waals surface area contributed by atoms with E-state index >= 15 is 4.48 Å². The highest BCUT2D eigenvalue weighted by Crippen LogP contribution is 2.41. The summed E-state index contributed by atoms with van der Waals surface area (Å²) in [6.07, 6.45) is 2.97. The van der Waals surface area contributed by atoms with Gasteiger partial charge < -0.3 is 24.7 Å². The number of aromatic nitrogens is 1. The van der Waals surface area contributed by atoms with Crippen LogP contribution in [0.15, 0.2) is 47.6 Å². The first-order valence-corrected chi connectivity index (χ1v) is 13.4. The average molecular weight is 594 g/mol. The van der Waals surface area contributed by atoms with Crippen LogP contribution in [0.5, 0.6) is 5.75 Å². The molecule has 0 bridgehead atoms. The lowest BCUT2D eigenvalue weighted by Crippen LogP contribution is -2.38. The molecule has 218 valence electrons. The molecule has 2 amide bonds. The standard InChI is InChI=1S/C27H27F4N5O4S/c1-32-24(37)18-10-11-23(39-2)20(16-18)33-12-6-8-19-17-22-21(9-7-15-35(22)25(19)41-27(28,29)30)36(31)40-26(38)34-13-4-3-5-14-34/h7,9-11,15-17,33H,3-5,12-14H2,1-2H3,(H,32,37). The molecule has 3 heterocycles. The monoisotopic (exact) mass is 593 g/mol. The van der Waals surface area contributed by atoms with Gasteiger partial charge in [0.15, 0.2) is 0 Å². The third-order valence-corrected chi connectivity index (χ3v) is 7.04. The third-order valence-electron chi connectivity index (χ3n) is 6.19. The van der Waals surface area contributed by atoms with Crippen molar-refractivity contribution in [3.8, 4) is 17.6 Å². The first kappa shape index (κ1) is 29.7. The van der Waals surface area contributed by atoms with Gasteiger partial charge in [-0.05, 0) is 60.9 Å². The van der Waals surface area contributed by atoms with Gasteiger partial charge in [-0.25, -0.2) is 4.79 Å². The lowest BCUT2D eigenvalue weighted by Gasteiger charge is -2.26. The first-order chi connectivity index (χ1) is 19.6. The molecular weight excluding hydrogens is 566 g/mol. The topological polar surface area (TPSA) is 87.5 Å². The van der Waals surface area contributed by atoms with Crippen LogP contribution in [0.4, 0.5) is 33.8 Å². The molecule has 3 aromatic rings. The number of carbonyl (C=O) groups excluding carboxylic acids is 2. The molecule has 1 saturated heterocycles. The Morgan fingerprint density at radius 1 is 1.15 bits per heavy atom. The van der Waals surface area contributed by atoms with Gasteiger partial charge in [-0.3, -0.25) is 9.63 Å². The van der Waals surface area contributed by atoms with E-state index in [1.165, 1.54) is 43.5 Å². The number of carbonyl (C=O) groups is 2. The largest absolute Gasteiger partial charge is 0.495 e. The van der Waals surface area contributed by atoms with E-state index in [1.54, 1.807) is 18.2 Å². The number of pyridine rings is 1. The summed E-state index contributed by atoms with van der Waals surface area (Å²) in [4.78, 5) is 30.6. The molecule has 0 unspecified atom stereocenters. The summed E-state index contributed by atoms with van der Waals surface area (Å²) >= 11 is -0.393. The number of likely N-dealkylation sites (tertiary alicyclic amines) is 1. The number of piperidine rings is 1. The highest BCUT2D eigenvalue weighted by Gasteiger charge is 2.33. The SMILES string of the molecule is CNC(=O)c1ccc(OC)c(NCC#Cc2cc3c(N(F)OC(=O)N4CCCCC4)cccn3c2SC(F)(F)F)c1. The second kappa shape index (κ2) is 12.9. The molecule has 1 aromatic carbocycles. The van der Waals surface area contributed by atoms with Crippen molar-refractivity contribution in [2.75, 3.05) is 44.4 Å². The van der Waals surface area contributed by atoms with Crippen molar-refractivity contribution in [2.45, 2.75) is 29.8 Å². The Balaban J connectivity index is 1.60. The minimum absolute atomic E-state index is 0.00852. The molecule has 9 nitrogen and oxygen atoms in total. The molecule has 2 aromatic heterocycles. The number of fused-ring (bicyclic) bond motifs is 1. The Morgan fingerprint density at radius 2 is 1.90 bits per heavy atom. The van der Waals surface area contributed by atoms with Crippen molar-refractivity contribution < 1.29 is 36.8 Å². The van der Waals surface area contributed by atoms with Crippen LogP contribution in [0.1, 0.15) is 35.2 Å². The molecule has 14 heteroatoms. The van der Waals surface area contributed by atoms with Crippen molar-refractivity contribution in [1.82, 2.24) is 14.6 Å². The smallest absolute Gasteiger partial charge is 0.447 e. The Hall–Kier alpha value is -4.25. The van der Waals surface area contributed by atoms with E-state index in [2.05, 4.69) is 22.5 Å². The van der Waals surface area contributed by atoms with Crippen LogP contribution in [0.3, 0.4) is 0 Å². The average Bonchev–Trinajstić information content (AvgIpc) is 3.30. The number of nitrogens with zero attached hydrogens (tertiary/aromatic N) is 3. The van der Waals surface area contributed by atoms with Gasteiger partial charge in [0.25, 0.3) is 5.91 Å². The highest BCUT2D eigenvalue weighted by atomic mass is 32.2. The van der Waals surface area contributed by atoms with E-state index in [0.717, 1.165) is 23.7 Å². The molecule has 1 fully saturated rings. The minimum atomic E-state index is -4.65. The summed E-state index contributed by atoms with van der Waals surface area (Å²) in [5, 5.41) is 4.99. The van der Waals surface area contributed by atoms with E-state index < -0.39 is 23.4 Å². The molecule has 0 spiro atoms. The fourth-order valence-corrected chi connectivity index (χ4v) is 4.97. The fourth-order valence-electron chi connectivity index (χ4n) is 4.27. The first-order valence-electron chi connectivity index (χ1n) is 12.6. The molecule has 41 heavy (non-hydrogen) atoms. The number of amides is 2. The number of hydrogen-bond acceptors (Lipinski definition) is 7. The second-order valence-electron chi connectivity index (χ2n) is 8.86. The quantitative estimate of drug-likeness (QED) is 0.121. The van der Waals surface area contributed by atoms with Gasteiger partial charge in [-0.1, -0.05) is 16.3 Å². The molecule has 4 rings (SSSR count). The highest BCUT2D eigenvalue weighted by molar-refractivity contribution is 8.00. The summed E-state index contributed by atoms with van der Waals surface area (Å²) in [7, 11) is 2.95. The Bertz CT molecular complexity index is 1480. The van der Waals surface area contributed by atoms with E-state index in [4.69, 9.17) is 9.57 Å². The predicted octanol–water partition coefficient (Wildman–Crippen LogP) is 5.61. The molecule has 0 atom stereocenters. The molecule has 0 radical (unpaired) electrons. The maximum absolute atomic E-state index is 15.1. The number of anilines is 2. The van der Waals surface area contributed by atoms with E-state index in [1.807, 2.05) is 0 Å². The fraction of sp³-hybridized carbons (Fsp3) is 0.333. The van der Waals surface area contributed by atoms with Crippen LogP contribution in [0.2, 0.25) is 0 Å². The molecule has 1 aliphatic heterocycles. The Morgan fingerprint density at radius 3 is 2.59 bits per heavy atom. The number of benzene rings is 1. The molecule has 0 aliphatic carbocycles. The summed E-state index contributed by atoms with van der Waals surface area (Å²) in [5.41, 5.74) is -4.07. The Kier molecular flexibility index (Phi) is 9.38. The van der Waals surface area contributed by atoms with Crippen LogP contribution >= 0.6 is 11.8 Å². The van der Waals surface area contributed by atoms with Crippen molar-refractivity contribution >= 4 is 40.7 Å². The van der Waals surface area contributed by atoms with Crippen LogP contribution in [0, 0.1) is 11.8 Å². The zero-order chi connectivity index (χ0) is 29.6. The van der Waals surface area contributed by atoms with Crippen molar-refractivity contribution in [3.63, 3.8) is 0 Å². The number of halogens is 4. The number of nitrogens with one attached hydrogen (secondary N) is 2. The number of ether oxygens (including phenoxy) is 1. The van der Waals surface area contributed by atoms with Gasteiger partial charge in [-0.2, -0.15) is 13.2 Å². The van der Waals surface area contributed by atoms with Crippen LogP contribution in [0.25, 0.3) is 5.52 Å². The maximum Gasteiger partial charge on any atom is 0.447 e. The lowest BCUT2D eigenvalue weighted by molar-refractivity contribution is -0.0330. The molecule has 1 aliphatic rings. The number of methoxy groups -OCH3 is 1. The van der Waals surface area contributed by atoms with Crippen LogP contribution in [-0.4, -0.2) is 60.6 Å². The third kappa shape index (κ3) is 7.29. The molecule has 2 N–H and O–H groups in total. The lowest BCUT2D eigenvalue weighted by atomic mass is 10.1. The normalized spacial score (nSPS) is 13.3. The number of rotatable bonds is 7. The number of alkyl halides is 3. The van der Waals surface area contributed by atoms with Gasteiger partial charge in [-0.15, -0.1) is 0 Å². The zero-order valence-corrected chi connectivity index (χ0v) is 23.0. The molecular formula is C27H27F4N5O4S. The number of hydrogen-bond donors (Lipinski definition) is 2. The summed E-state index contributed by atoms with van der Waals surface area (Å²) in [6.45, 7) is 0.861. The number of thioether (sulfide) groups is 1.